The van der Waals surface area contributed by atoms with Gasteiger partial charge in [0.25, 0.3) is 0 Å². The van der Waals surface area contributed by atoms with Crippen molar-refractivity contribution >= 4 is 0 Å². The maximum Gasteiger partial charge on any atom is 0.119 e. The Balaban J connectivity index is 1.63. The normalized spacial score (nSPS) is 18.4. The Morgan fingerprint density at radius 2 is 1.85 bits per heavy atom. The van der Waals surface area contributed by atoms with Gasteiger partial charge in [0.15, 0.2) is 0 Å². The highest BCUT2D eigenvalue weighted by Crippen LogP contribution is 2.29. The first kappa shape index (κ1) is 14.9. The lowest BCUT2D eigenvalue weighted by molar-refractivity contribution is 0.126. The monoisotopic (exact) mass is 272 g/mol. The molecule has 3 nitrogen and oxygen atoms in total. The second kappa shape index (κ2) is 6.76. The van der Waals surface area contributed by atoms with Gasteiger partial charge in [0.05, 0.1) is 18.2 Å². The molecule has 1 saturated heterocycles. The summed E-state index contributed by atoms with van der Waals surface area (Å²) in [5, 5.41) is 8.73. The predicted molar refractivity (Wildman–Crippen MR) is 80.7 cm³/mol. The van der Waals surface area contributed by atoms with E-state index in [0.717, 1.165) is 25.3 Å². The first-order valence-corrected chi connectivity index (χ1v) is 7.44. The smallest absolute Gasteiger partial charge is 0.119 e. The number of nitriles is 1. The van der Waals surface area contributed by atoms with Gasteiger partial charge in [-0.2, -0.15) is 5.26 Å². The van der Waals surface area contributed by atoms with Gasteiger partial charge in [-0.1, -0.05) is 13.8 Å². The lowest BCUT2D eigenvalue weighted by atomic mass is 9.83. The fourth-order valence-corrected chi connectivity index (χ4v) is 2.49. The molecule has 0 amide bonds. The zero-order valence-electron chi connectivity index (χ0n) is 12.6. The van der Waals surface area contributed by atoms with Crippen LogP contribution in [-0.2, 0) is 0 Å². The third-order valence-electron chi connectivity index (χ3n) is 4.08. The summed E-state index contributed by atoms with van der Waals surface area (Å²) in [6, 6.07) is 9.42. The van der Waals surface area contributed by atoms with Crippen molar-refractivity contribution in [3.63, 3.8) is 0 Å². The van der Waals surface area contributed by atoms with E-state index in [1.807, 2.05) is 12.1 Å². The Labute approximate surface area is 122 Å². The van der Waals surface area contributed by atoms with Crippen molar-refractivity contribution < 1.29 is 4.74 Å². The average molecular weight is 272 g/mol. The summed E-state index contributed by atoms with van der Waals surface area (Å²) in [7, 11) is 0. The number of likely N-dealkylation sites (tertiary alicyclic amines) is 1. The Morgan fingerprint density at radius 1 is 1.20 bits per heavy atom. The molecule has 1 fully saturated rings. The van der Waals surface area contributed by atoms with Gasteiger partial charge in [0.2, 0.25) is 0 Å². The van der Waals surface area contributed by atoms with Gasteiger partial charge in [-0.05, 0) is 62.0 Å². The van der Waals surface area contributed by atoms with E-state index < -0.39 is 0 Å². The van der Waals surface area contributed by atoms with E-state index in [-0.39, 0.29) is 0 Å². The summed E-state index contributed by atoms with van der Waals surface area (Å²) < 4.78 is 5.70. The fourth-order valence-electron chi connectivity index (χ4n) is 2.49. The fraction of sp³-hybridized carbons (Fsp3) is 0.588. The highest BCUT2D eigenvalue weighted by Gasteiger charge is 2.24. The number of piperidine rings is 1. The second-order valence-electron chi connectivity index (χ2n) is 6.34. The molecular weight excluding hydrogens is 248 g/mol. The molecule has 0 aliphatic carbocycles. The predicted octanol–water partition coefficient (Wildman–Crippen LogP) is 3.45. The van der Waals surface area contributed by atoms with E-state index in [0.29, 0.717) is 11.0 Å². The van der Waals surface area contributed by atoms with Crippen molar-refractivity contribution in [2.24, 2.45) is 5.41 Å². The molecule has 0 saturated carbocycles. The van der Waals surface area contributed by atoms with Crippen molar-refractivity contribution in [2.75, 3.05) is 26.2 Å². The molecule has 3 heteroatoms. The first-order valence-electron chi connectivity index (χ1n) is 7.44. The van der Waals surface area contributed by atoms with Crippen molar-refractivity contribution in [2.45, 2.75) is 33.1 Å². The van der Waals surface area contributed by atoms with Gasteiger partial charge < -0.3 is 9.64 Å². The summed E-state index contributed by atoms with van der Waals surface area (Å²) in [6.07, 6.45) is 3.65. The number of hydrogen-bond acceptors (Lipinski definition) is 3. The Hall–Kier alpha value is -1.53. The molecule has 0 aromatic heterocycles. The van der Waals surface area contributed by atoms with Gasteiger partial charge in [-0.15, -0.1) is 0 Å². The lowest BCUT2D eigenvalue weighted by Gasteiger charge is -2.36. The topological polar surface area (TPSA) is 36.3 Å². The van der Waals surface area contributed by atoms with Crippen LogP contribution in [0.25, 0.3) is 0 Å². The Kier molecular flexibility index (Phi) is 5.03. The molecule has 0 spiro atoms. The molecule has 1 aromatic carbocycles. The Morgan fingerprint density at radius 3 is 2.45 bits per heavy atom. The van der Waals surface area contributed by atoms with E-state index in [2.05, 4.69) is 24.8 Å². The van der Waals surface area contributed by atoms with Gasteiger partial charge in [0, 0.05) is 6.54 Å². The minimum Gasteiger partial charge on any atom is -0.494 e. The molecule has 0 atom stereocenters. The standard InChI is InChI=1S/C17H24N2O/c1-17(2)8-11-19(12-9-17)10-3-13-20-16-6-4-15(14-18)5-7-16/h4-7H,3,8-13H2,1-2H3. The van der Waals surface area contributed by atoms with Crippen LogP contribution in [0, 0.1) is 16.7 Å². The van der Waals surface area contributed by atoms with Crippen LogP contribution < -0.4 is 4.74 Å². The quantitative estimate of drug-likeness (QED) is 0.770. The van der Waals surface area contributed by atoms with Gasteiger partial charge >= 0.3 is 0 Å². The van der Waals surface area contributed by atoms with E-state index in [4.69, 9.17) is 10.00 Å². The van der Waals surface area contributed by atoms with Crippen LogP contribution in [0.1, 0.15) is 38.7 Å². The van der Waals surface area contributed by atoms with Crippen LogP contribution in [-0.4, -0.2) is 31.1 Å². The van der Waals surface area contributed by atoms with Crippen molar-refractivity contribution in [1.82, 2.24) is 4.90 Å². The molecule has 0 bridgehead atoms. The van der Waals surface area contributed by atoms with E-state index in [1.54, 1.807) is 12.1 Å². The minimum absolute atomic E-state index is 0.523. The maximum atomic E-state index is 8.73. The van der Waals surface area contributed by atoms with Crippen LogP contribution in [0.2, 0.25) is 0 Å². The first-order chi connectivity index (χ1) is 9.59. The zero-order chi connectivity index (χ0) is 14.4. The summed E-state index contributed by atoms with van der Waals surface area (Å²) >= 11 is 0. The van der Waals surface area contributed by atoms with Crippen LogP contribution in [0.5, 0.6) is 5.75 Å². The molecule has 0 radical (unpaired) electrons. The van der Waals surface area contributed by atoms with Gasteiger partial charge in [-0.25, -0.2) is 0 Å². The number of ether oxygens (including phenoxy) is 1. The number of hydrogen-bond donors (Lipinski definition) is 0. The maximum absolute atomic E-state index is 8.73. The summed E-state index contributed by atoms with van der Waals surface area (Å²) in [6.45, 7) is 9.00. The van der Waals surface area contributed by atoms with Crippen LogP contribution in [0.15, 0.2) is 24.3 Å². The highest BCUT2D eigenvalue weighted by atomic mass is 16.5. The molecule has 20 heavy (non-hydrogen) atoms. The molecule has 2 rings (SSSR count). The van der Waals surface area contributed by atoms with E-state index >= 15 is 0 Å². The molecule has 1 aromatic rings. The number of nitrogens with zero attached hydrogens (tertiary/aromatic N) is 2. The third kappa shape index (κ3) is 4.54. The van der Waals surface area contributed by atoms with Crippen LogP contribution in [0.4, 0.5) is 0 Å². The van der Waals surface area contributed by atoms with Crippen LogP contribution in [0.3, 0.4) is 0 Å². The van der Waals surface area contributed by atoms with E-state index in [9.17, 15) is 0 Å². The van der Waals surface area contributed by atoms with Crippen LogP contribution >= 0.6 is 0 Å². The highest BCUT2D eigenvalue weighted by molar-refractivity contribution is 5.34. The minimum atomic E-state index is 0.523. The molecule has 108 valence electrons. The average Bonchev–Trinajstić information content (AvgIpc) is 2.46. The second-order valence-corrected chi connectivity index (χ2v) is 6.34. The van der Waals surface area contributed by atoms with Gasteiger partial charge in [-0.3, -0.25) is 0 Å². The third-order valence-corrected chi connectivity index (χ3v) is 4.08. The SMILES string of the molecule is CC1(C)CCN(CCCOc2ccc(C#N)cc2)CC1. The Bertz CT molecular complexity index is 449. The number of benzene rings is 1. The molecule has 1 heterocycles. The lowest BCUT2D eigenvalue weighted by Crippen LogP contribution is -2.38. The molecule has 0 unspecified atom stereocenters. The van der Waals surface area contributed by atoms with Crippen molar-refractivity contribution in [3.8, 4) is 11.8 Å². The number of rotatable bonds is 5. The molecule has 1 aliphatic rings. The van der Waals surface area contributed by atoms with Gasteiger partial charge in [0.1, 0.15) is 5.75 Å². The molecular formula is C17H24N2O. The summed E-state index contributed by atoms with van der Waals surface area (Å²) in [5.74, 6) is 0.851. The summed E-state index contributed by atoms with van der Waals surface area (Å²) in [5.41, 5.74) is 1.20. The summed E-state index contributed by atoms with van der Waals surface area (Å²) in [4.78, 5) is 2.54. The molecule has 1 aliphatic heterocycles. The van der Waals surface area contributed by atoms with Crippen molar-refractivity contribution in [1.29, 1.82) is 5.26 Å². The van der Waals surface area contributed by atoms with Crippen molar-refractivity contribution in [3.05, 3.63) is 29.8 Å². The molecule has 0 N–H and O–H groups in total. The van der Waals surface area contributed by atoms with E-state index in [1.165, 1.54) is 25.9 Å². The largest absolute Gasteiger partial charge is 0.494 e. The zero-order valence-corrected chi connectivity index (χ0v) is 12.6.